The van der Waals surface area contributed by atoms with Gasteiger partial charge in [-0.05, 0) is 32.5 Å². The van der Waals surface area contributed by atoms with Crippen LogP contribution < -0.4 is 16.0 Å². The zero-order valence-corrected chi connectivity index (χ0v) is 10.6. The highest BCUT2D eigenvalue weighted by Gasteiger charge is 2.21. The maximum atomic E-state index is 11.6. The number of urea groups is 1. The Morgan fingerprint density at radius 1 is 1.35 bits per heavy atom. The van der Waals surface area contributed by atoms with Gasteiger partial charge in [0.15, 0.2) is 0 Å². The van der Waals surface area contributed by atoms with E-state index >= 15 is 0 Å². The minimum atomic E-state index is -0.448. The van der Waals surface area contributed by atoms with Crippen LogP contribution in [0.3, 0.4) is 0 Å². The van der Waals surface area contributed by atoms with Crippen molar-refractivity contribution in [2.24, 2.45) is 0 Å². The van der Waals surface area contributed by atoms with Crippen LogP contribution in [0.1, 0.15) is 19.8 Å². The van der Waals surface area contributed by atoms with Gasteiger partial charge in [-0.3, -0.25) is 15.0 Å². The first-order chi connectivity index (χ1) is 8.17. The Hall–Kier alpha value is -1.14. The molecule has 0 atom stereocenters. The number of nitrogens with one attached hydrogen (secondary N) is 3. The molecule has 1 aliphatic rings. The number of piperidine rings is 1. The predicted octanol–water partition coefficient (Wildman–Crippen LogP) is -0.484. The molecule has 0 aromatic heterocycles. The number of carbonyl (C=O) groups excluding carboxylic acids is 2. The lowest BCUT2D eigenvalue weighted by Gasteiger charge is -2.33. The summed E-state index contributed by atoms with van der Waals surface area (Å²) in [6.07, 6.45) is 2.11. The molecule has 6 nitrogen and oxygen atoms in total. The number of imide groups is 1. The molecule has 6 heteroatoms. The highest BCUT2D eigenvalue weighted by atomic mass is 16.2. The van der Waals surface area contributed by atoms with Gasteiger partial charge in [-0.25, -0.2) is 4.79 Å². The molecule has 0 aromatic rings. The van der Waals surface area contributed by atoms with Crippen LogP contribution in [0.4, 0.5) is 4.79 Å². The lowest BCUT2D eigenvalue weighted by atomic mass is 10.0. The molecule has 0 radical (unpaired) electrons. The van der Waals surface area contributed by atoms with Crippen molar-refractivity contribution in [2.45, 2.75) is 25.8 Å². The summed E-state index contributed by atoms with van der Waals surface area (Å²) < 4.78 is 0. The van der Waals surface area contributed by atoms with Crippen LogP contribution in [0.15, 0.2) is 0 Å². The first-order valence-corrected chi connectivity index (χ1v) is 6.13. The molecular weight excluding hydrogens is 220 g/mol. The third kappa shape index (κ3) is 4.70. The van der Waals surface area contributed by atoms with E-state index in [1.54, 1.807) is 0 Å². The minimum Gasteiger partial charge on any atom is -0.341 e. The molecule has 0 spiro atoms. The van der Waals surface area contributed by atoms with Crippen molar-refractivity contribution in [1.82, 2.24) is 20.9 Å². The third-order valence-electron chi connectivity index (χ3n) is 3.06. The number of carbonyl (C=O) groups is 2. The van der Waals surface area contributed by atoms with Crippen molar-refractivity contribution in [2.75, 3.05) is 33.2 Å². The molecule has 98 valence electrons. The van der Waals surface area contributed by atoms with Crippen LogP contribution >= 0.6 is 0 Å². The van der Waals surface area contributed by atoms with Crippen LogP contribution in [0.2, 0.25) is 0 Å². The van der Waals surface area contributed by atoms with E-state index in [1.165, 1.54) is 7.05 Å². The summed E-state index contributed by atoms with van der Waals surface area (Å²) in [5.41, 5.74) is 0. The number of rotatable bonds is 4. The molecule has 0 saturated carbocycles. The maximum absolute atomic E-state index is 11.6. The van der Waals surface area contributed by atoms with E-state index in [1.807, 2.05) is 6.92 Å². The van der Waals surface area contributed by atoms with Crippen molar-refractivity contribution < 1.29 is 9.59 Å². The molecule has 1 aliphatic heterocycles. The zero-order valence-electron chi connectivity index (χ0n) is 10.6. The third-order valence-corrected chi connectivity index (χ3v) is 3.06. The topological polar surface area (TPSA) is 73.5 Å². The molecule has 3 amide bonds. The number of likely N-dealkylation sites (N-methyl/N-ethyl adjacent to an activating group) is 1. The molecule has 1 saturated heterocycles. The number of nitrogens with zero attached hydrogens (tertiary/aromatic N) is 1. The van der Waals surface area contributed by atoms with Crippen molar-refractivity contribution >= 4 is 11.9 Å². The molecule has 0 aliphatic carbocycles. The number of hydrogen-bond acceptors (Lipinski definition) is 4. The Labute approximate surface area is 102 Å². The molecule has 3 N–H and O–H groups in total. The average molecular weight is 242 g/mol. The molecule has 0 unspecified atom stereocenters. The van der Waals surface area contributed by atoms with Crippen LogP contribution in [0, 0.1) is 0 Å². The monoisotopic (exact) mass is 242 g/mol. The standard InChI is InChI=1S/C11H22N4O2/c1-3-15(9-4-6-13-7-5-9)8-10(16)14-11(17)12-2/h9,13H,3-8H2,1-2H3,(H2,12,14,16,17). The van der Waals surface area contributed by atoms with Gasteiger partial charge in [-0.1, -0.05) is 6.92 Å². The molecule has 1 heterocycles. The first kappa shape index (κ1) is 13.9. The Bertz CT molecular complexity index is 264. The van der Waals surface area contributed by atoms with E-state index in [4.69, 9.17) is 0 Å². The van der Waals surface area contributed by atoms with E-state index in [0.717, 1.165) is 32.5 Å². The van der Waals surface area contributed by atoms with Gasteiger partial charge in [0.25, 0.3) is 0 Å². The van der Waals surface area contributed by atoms with E-state index in [2.05, 4.69) is 20.9 Å². The van der Waals surface area contributed by atoms with E-state index in [9.17, 15) is 9.59 Å². The maximum Gasteiger partial charge on any atom is 0.321 e. The lowest BCUT2D eigenvalue weighted by molar-refractivity contribution is -0.121. The summed E-state index contributed by atoms with van der Waals surface area (Å²) in [5.74, 6) is -0.246. The highest BCUT2D eigenvalue weighted by Crippen LogP contribution is 2.10. The van der Waals surface area contributed by atoms with Gasteiger partial charge in [-0.15, -0.1) is 0 Å². The second-order valence-corrected chi connectivity index (χ2v) is 4.17. The van der Waals surface area contributed by atoms with Gasteiger partial charge >= 0.3 is 6.03 Å². The smallest absolute Gasteiger partial charge is 0.321 e. The predicted molar refractivity (Wildman–Crippen MR) is 65.7 cm³/mol. The number of amides is 3. The molecule has 0 aromatic carbocycles. The average Bonchev–Trinajstić information content (AvgIpc) is 2.36. The van der Waals surface area contributed by atoms with Crippen LogP contribution in [0.25, 0.3) is 0 Å². The fraction of sp³-hybridized carbons (Fsp3) is 0.818. The second kappa shape index (κ2) is 7.24. The summed E-state index contributed by atoms with van der Waals surface area (Å²) in [6, 6.07) is -0.00643. The van der Waals surface area contributed by atoms with Gasteiger partial charge in [0.2, 0.25) is 5.91 Å². The summed E-state index contributed by atoms with van der Waals surface area (Å²) in [7, 11) is 1.49. The largest absolute Gasteiger partial charge is 0.341 e. The Morgan fingerprint density at radius 2 is 2.00 bits per heavy atom. The highest BCUT2D eigenvalue weighted by molar-refractivity contribution is 5.95. The normalized spacial score (nSPS) is 16.9. The molecule has 0 bridgehead atoms. The summed E-state index contributed by atoms with van der Waals surface area (Å²) >= 11 is 0. The Balaban J connectivity index is 2.39. The van der Waals surface area contributed by atoms with Crippen LogP contribution in [-0.4, -0.2) is 56.1 Å². The molecule has 1 fully saturated rings. The Kier molecular flexibility index (Phi) is 5.93. The first-order valence-electron chi connectivity index (χ1n) is 6.13. The summed E-state index contributed by atoms with van der Waals surface area (Å²) in [6.45, 7) is 5.14. The summed E-state index contributed by atoms with van der Waals surface area (Å²) in [5, 5.41) is 7.95. The fourth-order valence-electron chi connectivity index (χ4n) is 2.08. The van der Waals surface area contributed by atoms with Crippen LogP contribution in [0.5, 0.6) is 0 Å². The van der Waals surface area contributed by atoms with E-state index < -0.39 is 6.03 Å². The van der Waals surface area contributed by atoms with Gasteiger partial charge in [-0.2, -0.15) is 0 Å². The number of hydrogen-bond donors (Lipinski definition) is 3. The van der Waals surface area contributed by atoms with Gasteiger partial charge < -0.3 is 10.6 Å². The van der Waals surface area contributed by atoms with Gasteiger partial charge in [0, 0.05) is 13.1 Å². The zero-order chi connectivity index (χ0) is 12.7. The molecule has 1 rings (SSSR count). The SMILES string of the molecule is CCN(CC(=O)NC(=O)NC)C1CCNCC1. The lowest BCUT2D eigenvalue weighted by Crippen LogP contribution is -2.49. The van der Waals surface area contributed by atoms with Crippen molar-refractivity contribution in [3.63, 3.8) is 0 Å². The van der Waals surface area contributed by atoms with Crippen molar-refractivity contribution in [3.05, 3.63) is 0 Å². The minimum absolute atomic E-state index is 0.246. The quantitative estimate of drug-likeness (QED) is 0.622. The van der Waals surface area contributed by atoms with Crippen molar-refractivity contribution in [3.8, 4) is 0 Å². The van der Waals surface area contributed by atoms with E-state index in [0.29, 0.717) is 6.04 Å². The van der Waals surface area contributed by atoms with Crippen LogP contribution in [-0.2, 0) is 4.79 Å². The van der Waals surface area contributed by atoms with Crippen molar-refractivity contribution in [1.29, 1.82) is 0 Å². The van der Waals surface area contributed by atoms with Gasteiger partial charge in [0.05, 0.1) is 6.54 Å². The fourth-order valence-corrected chi connectivity index (χ4v) is 2.08. The molecule has 17 heavy (non-hydrogen) atoms. The second-order valence-electron chi connectivity index (χ2n) is 4.17. The Morgan fingerprint density at radius 3 is 2.53 bits per heavy atom. The van der Waals surface area contributed by atoms with Gasteiger partial charge in [0.1, 0.15) is 0 Å². The summed E-state index contributed by atoms with van der Waals surface area (Å²) in [4.78, 5) is 24.7. The van der Waals surface area contributed by atoms with E-state index in [-0.39, 0.29) is 12.5 Å². The molecular formula is C11H22N4O2.